The van der Waals surface area contributed by atoms with Gasteiger partial charge in [0, 0.05) is 6.08 Å². The summed E-state index contributed by atoms with van der Waals surface area (Å²) in [5.74, 6) is -1.46. The van der Waals surface area contributed by atoms with Gasteiger partial charge in [0.1, 0.15) is 11.5 Å². The number of rotatable bonds is 5. The van der Waals surface area contributed by atoms with Crippen LogP contribution in [0.4, 0.5) is 5.69 Å². The summed E-state index contributed by atoms with van der Waals surface area (Å²) in [5.41, 5.74) is 0.420. The van der Waals surface area contributed by atoms with Crippen LogP contribution in [-0.4, -0.2) is 29.2 Å². The maximum Gasteiger partial charge on any atom is 0.337 e. The fourth-order valence-electron chi connectivity index (χ4n) is 1.93. The Hall–Kier alpha value is -3.28. The molecule has 2 rings (SSSR count). The molecule has 3 N–H and O–H groups in total. The second-order valence-corrected chi connectivity index (χ2v) is 4.60. The Labute approximate surface area is 132 Å². The summed E-state index contributed by atoms with van der Waals surface area (Å²) in [4.78, 5) is 23.0. The van der Waals surface area contributed by atoms with Crippen molar-refractivity contribution in [2.75, 3.05) is 12.4 Å². The number of aromatic hydroxyl groups is 1. The number of phenolic OH excluding ortho intramolecular Hbond substituents is 1. The molecule has 0 aliphatic rings. The molecule has 0 unspecified atom stereocenters. The molecule has 0 aliphatic carbocycles. The number of para-hydroxylation sites is 1. The maximum absolute atomic E-state index is 11.9. The lowest BCUT2D eigenvalue weighted by Crippen LogP contribution is -2.12. The highest BCUT2D eigenvalue weighted by molar-refractivity contribution is 6.07. The quantitative estimate of drug-likeness (QED) is 0.582. The number of carboxylic acid groups (broad SMARTS) is 1. The molecule has 6 nitrogen and oxygen atoms in total. The third-order valence-corrected chi connectivity index (χ3v) is 3.04. The minimum absolute atomic E-state index is 0.139. The van der Waals surface area contributed by atoms with Gasteiger partial charge in [0.2, 0.25) is 5.91 Å². The van der Waals surface area contributed by atoms with Crippen LogP contribution in [0.15, 0.2) is 48.5 Å². The van der Waals surface area contributed by atoms with Crippen LogP contribution < -0.4 is 10.1 Å². The number of carbonyl (C=O) groups is 2. The van der Waals surface area contributed by atoms with E-state index in [0.717, 1.165) is 5.56 Å². The lowest BCUT2D eigenvalue weighted by Gasteiger charge is -2.08. The number of amides is 1. The van der Waals surface area contributed by atoms with Crippen LogP contribution in [0.2, 0.25) is 0 Å². The number of anilines is 1. The van der Waals surface area contributed by atoms with Crippen molar-refractivity contribution in [1.82, 2.24) is 0 Å². The highest BCUT2D eigenvalue weighted by Gasteiger charge is 2.14. The van der Waals surface area contributed by atoms with E-state index in [1.54, 1.807) is 37.5 Å². The molecule has 0 saturated carbocycles. The second kappa shape index (κ2) is 7.13. The van der Waals surface area contributed by atoms with E-state index in [0.29, 0.717) is 5.75 Å². The van der Waals surface area contributed by atoms with E-state index in [4.69, 9.17) is 9.84 Å². The molecule has 0 saturated heterocycles. The van der Waals surface area contributed by atoms with Gasteiger partial charge in [0.05, 0.1) is 18.4 Å². The third kappa shape index (κ3) is 4.10. The molecule has 0 bridgehead atoms. The molecule has 0 radical (unpaired) electrons. The first-order valence-electron chi connectivity index (χ1n) is 6.69. The molecular weight excluding hydrogens is 298 g/mol. The SMILES string of the molecule is COc1cccc(C=CC(=O)Nc2c(O)cccc2C(=O)O)c1. The molecule has 118 valence electrons. The highest BCUT2D eigenvalue weighted by atomic mass is 16.5. The molecule has 0 spiro atoms. The van der Waals surface area contributed by atoms with Gasteiger partial charge >= 0.3 is 5.97 Å². The summed E-state index contributed by atoms with van der Waals surface area (Å²) < 4.78 is 5.08. The summed E-state index contributed by atoms with van der Waals surface area (Å²) >= 11 is 0. The minimum atomic E-state index is -1.24. The van der Waals surface area contributed by atoms with Crippen molar-refractivity contribution in [3.8, 4) is 11.5 Å². The number of carboxylic acids is 1. The molecule has 6 heteroatoms. The first-order valence-corrected chi connectivity index (χ1v) is 6.69. The molecule has 0 atom stereocenters. The lowest BCUT2D eigenvalue weighted by atomic mass is 10.1. The predicted molar refractivity (Wildman–Crippen MR) is 85.7 cm³/mol. The predicted octanol–water partition coefficient (Wildman–Crippen LogP) is 2.75. The number of hydrogen-bond donors (Lipinski definition) is 3. The van der Waals surface area contributed by atoms with E-state index < -0.39 is 11.9 Å². The van der Waals surface area contributed by atoms with Crippen molar-refractivity contribution < 1.29 is 24.5 Å². The van der Waals surface area contributed by atoms with Gasteiger partial charge in [-0.25, -0.2) is 4.79 Å². The number of hydrogen-bond acceptors (Lipinski definition) is 4. The number of phenols is 1. The van der Waals surface area contributed by atoms with E-state index >= 15 is 0 Å². The fraction of sp³-hybridized carbons (Fsp3) is 0.0588. The van der Waals surface area contributed by atoms with Gasteiger partial charge in [-0.3, -0.25) is 4.79 Å². The molecular formula is C17H15NO5. The normalized spacial score (nSPS) is 10.5. The molecule has 0 heterocycles. The Kier molecular flexibility index (Phi) is 4.99. The van der Waals surface area contributed by atoms with Crippen molar-refractivity contribution >= 4 is 23.6 Å². The smallest absolute Gasteiger partial charge is 0.337 e. The first kappa shape index (κ1) is 16.1. The van der Waals surface area contributed by atoms with Crippen LogP contribution in [0.1, 0.15) is 15.9 Å². The fourth-order valence-corrected chi connectivity index (χ4v) is 1.93. The molecule has 0 aliphatic heterocycles. The number of nitrogens with one attached hydrogen (secondary N) is 1. The molecule has 2 aromatic rings. The van der Waals surface area contributed by atoms with Crippen molar-refractivity contribution in [3.63, 3.8) is 0 Å². The van der Waals surface area contributed by atoms with Crippen LogP contribution >= 0.6 is 0 Å². The van der Waals surface area contributed by atoms with Crippen molar-refractivity contribution in [1.29, 1.82) is 0 Å². The number of benzene rings is 2. The average Bonchev–Trinajstić information content (AvgIpc) is 2.54. The Morgan fingerprint density at radius 2 is 1.91 bits per heavy atom. The molecule has 0 fully saturated rings. The zero-order valence-corrected chi connectivity index (χ0v) is 12.3. The van der Waals surface area contributed by atoms with E-state index in [-0.39, 0.29) is 17.0 Å². The van der Waals surface area contributed by atoms with Gasteiger partial charge in [-0.2, -0.15) is 0 Å². The van der Waals surface area contributed by atoms with Crippen molar-refractivity contribution in [2.45, 2.75) is 0 Å². The Morgan fingerprint density at radius 1 is 1.17 bits per heavy atom. The Balaban J connectivity index is 2.17. The third-order valence-electron chi connectivity index (χ3n) is 3.04. The van der Waals surface area contributed by atoms with E-state index in [2.05, 4.69) is 5.32 Å². The van der Waals surface area contributed by atoms with E-state index in [9.17, 15) is 14.7 Å². The Morgan fingerprint density at radius 3 is 2.61 bits per heavy atom. The monoisotopic (exact) mass is 313 g/mol. The van der Waals surface area contributed by atoms with Crippen LogP contribution in [0.25, 0.3) is 6.08 Å². The topological polar surface area (TPSA) is 95.9 Å². The van der Waals surface area contributed by atoms with E-state index in [1.807, 2.05) is 0 Å². The first-order chi connectivity index (χ1) is 11.0. The molecule has 23 heavy (non-hydrogen) atoms. The number of ether oxygens (including phenoxy) is 1. The van der Waals surface area contributed by atoms with Gasteiger partial charge in [-0.05, 0) is 35.9 Å². The Bertz CT molecular complexity index is 767. The largest absolute Gasteiger partial charge is 0.506 e. The molecule has 2 aromatic carbocycles. The van der Waals surface area contributed by atoms with Gasteiger partial charge in [-0.15, -0.1) is 0 Å². The lowest BCUT2D eigenvalue weighted by molar-refractivity contribution is -0.111. The average molecular weight is 313 g/mol. The van der Waals surface area contributed by atoms with Gasteiger partial charge in [0.25, 0.3) is 0 Å². The summed E-state index contributed by atoms with van der Waals surface area (Å²) in [7, 11) is 1.54. The van der Waals surface area contributed by atoms with Crippen LogP contribution in [0.5, 0.6) is 11.5 Å². The minimum Gasteiger partial charge on any atom is -0.506 e. The highest BCUT2D eigenvalue weighted by Crippen LogP contribution is 2.27. The standard InChI is InChI=1S/C17H15NO5/c1-23-12-5-2-4-11(10-12)8-9-15(20)18-16-13(17(21)22)6-3-7-14(16)19/h2-10,19H,1H3,(H,18,20)(H,21,22). The summed E-state index contributed by atoms with van der Waals surface area (Å²) in [6.07, 6.45) is 2.80. The van der Waals surface area contributed by atoms with Gasteiger partial charge < -0.3 is 20.3 Å². The zero-order valence-electron chi connectivity index (χ0n) is 12.3. The van der Waals surface area contributed by atoms with Crippen LogP contribution in [0, 0.1) is 0 Å². The summed E-state index contributed by atoms with van der Waals surface area (Å²) in [5, 5.41) is 21.2. The van der Waals surface area contributed by atoms with Crippen molar-refractivity contribution in [2.24, 2.45) is 0 Å². The van der Waals surface area contributed by atoms with Gasteiger partial charge in [-0.1, -0.05) is 18.2 Å². The zero-order chi connectivity index (χ0) is 16.8. The van der Waals surface area contributed by atoms with Gasteiger partial charge in [0.15, 0.2) is 0 Å². The number of aromatic carboxylic acids is 1. The molecule has 1 amide bonds. The van der Waals surface area contributed by atoms with Crippen LogP contribution in [-0.2, 0) is 4.79 Å². The second-order valence-electron chi connectivity index (χ2n) is 4.60. The number of carbonyl (C=O) groups excluding carboxylic acids is 1. The molecule has 0 aromatic heterocycles. The van der Waals surface area contributed by atoms with Crippen molar-refractivity contribution in [3.05, 3.63) is 59.7 Å². The number of methoxy groups -OCH3 is 1. The van der Waals surface area contributed by atoms with Crippen LogP contribution in [0.3, 0.4) is 0 Å². The van der Waals surface area contributed by atoms with E-state index in [1.165, 1.54) is 24.3 Å². The maximum atomic E-state index is 11.9. The summed E-state index contributed by atoms with van der Waals surface area (Å²) in [6, 6.07) is 11.1. The summed E-state index contributed by atoms with van der Waals surface area (Å²) in [6.45, 7) is 0.